The van der Waals surface area contributed by atoms with Crippen molar-refractivity contribution in [3.8, 4) is 0 Å². The van der Waals surface area contributed by atoms with Crippen molar-refractivity contribution >= 4 is 10.2 Å². The Hall–Kier alpha value is 0.137. The van der Waals surface area contributed by atoms with Gasteiger partial charge in [-0.3, -0.25) is 0 Å². The second kappa shape index (κ2) is 13.2. The predicted octanol–water partition coefficient (Wildman–Crippen LogP) is 2.90. The molecular weight excluding hydrogens is 216 g/mol. The largest absolute Gasteiger partial charge is 0.356 e. The molecule has 2 nitrogen and oxygen atoms in total. The van der Waals surface area contributed by atoms with E-state index in [4.69, 9.17) is 9.47 Å². The maximum atomic E-state index is 5.15. The number of rotatable bonds is 12. The van der Waals surface area contributed by atoms with Gasteiger partial charge in [0, 0.05) is 24.5 Å². The van der Waals surface area contributed by atoms with Gasteiger partial charge in [-0.15, -0.1) is 0 Å². The summed E-state index contributed by atoms with van der Waals surface area (Å²) in [5.74, 6) is 0. The normalized spacial score (nSPS) is 11.4. The van der Waals surface area contributed by atoms with E-state index in [1.807, 2.05) is 0 Å². The predicted molar refractivity (Wildman–Crippen MR) is 74.1 cm³/mol. The van der Waals surface area contributed by atoms with Crippen LogP contribution in [0, 0.1) is 0 Å². The fraction of sp³-hybridized carbons (Fsp3) is 1.00. The van der Waals surface area contributed by atoms with Gasteiger partial charge in [0.15, 0.2) is 6.29 Å². The van der Waals surface area contributed by atoms with Gasteiger partial charge in [0.05, 0.1) is 0 Å². The first kappa shape index (κ1) is 16.1. The van der Waals surface area contributed by atoms with Crippen LogP contribution in [0.15, 0.2) is 0 Å². The molecule has 0 unspecified atom stereocenters. The first-order valence-electron chi connectivity index (χ1n) is 6.90. The third-order valence-corrected chi connectivity index (χ3v) is 3.78. The Morgan fingerprint density at radius 2 is 1.19 bits per heavy atom. The number of hydrogen-bond donors (Lipinski definition) is 0. The van der Waals surface area contributed by atoms with Gasteiger partial charge in [-0.1, -0.05) is 51.0 Å². The topological polar surface area (TPSA) is 18.5 Å². The molecule has 0 spiro atoms. The number of unbranched alkanes of at least 4 members (excludes halogenated alkanes) is 7. The third kappa shape index (κ3) is 10.6. The van der Waals surface area contributed by atoms with E-state index in [2.05, 4.69) is 0 Å². The van der Waals surface area contributed by atoms with Crippen molar-refractivity contribution in [3.05, 3.63) is 0 Å². The molecule has 0 rings (SSSR count). The van der Waals surface area contributed by atoms with E-state index < -0.39 is 0 Å². The molecule has 0 aliphatic rings. The number of ether oxygens (including phenoxy) is 2. The highest BCUT2D eigenvalue weighted by atomic mass is 28.1. The summed E-state index contributed by atoms with van der Waals surface area (Å²) in [7, 11) is 4.81. The Balaban J connectivity index is 3.03. The lowest BCUT2D eigenvalue weighted by Crippen LogP contribution is -2.12. The Morgan fingerprint density at radius 1 is 0.750 bits per heavy atom. The van der Waals surface area contributed by atoms with Gasteiger partial charge in [-0.05, 0) is 12.8 Å². The second-order valence-electron chi connectivity index (χ2n) is 4.52. The van der Waals surface area contributed by atoms with Crippen LogP contribution in [-0.4, -0.2) is 30.8 Å². The van der Waals surface area contributed by atoms with E-state index in [0.29, 0.717) is 0 Å². The van der Waals surface area contributed by atoms with Gasteiger partial charge in [-0.25, -0.2) is 0 Å². The van der Waals surface area contributed by atoms with Gasteiger partial charge in [0.2, 0.25) is 0 Å². The molecule has 0 N–H and O–H groups in total. The van der Waals surface area contributed by atoms with Crippen LogP contribution in [0.2, 0.25) is 6.04 Å². The molecule has 0 aromatic rings. The molecule has 0 saturated heterocycles. The molecule has 0 aliphatic carbocycles. The van der Waals surface area contributed by atoms with Crippen molar-refractivity contribution in [1.82, 2.24) is 0 Å². The third-order valence-electron chi connectivity index (χ3n) is 3.07. The van der Waals surface area contributed by atoms with Crippen molar-refractivity contribution in [3.63, 3.8) is 0 Å². The van der Waals surface area contributed by atoms with Gasteiger partial charge in [-0.2, -0.15) is 0 Å². The molecule has 0 aliphatic heterocycles. The molecule has 0 radical (unpaired) electrons. The second-order valence-corrected chi connectivity index (χ2v) is 5.52. The maximum Gasteiger partial charge on any atom is 0.156 e. The molecule has 3 heteroatoms. The Kier molecular flexibility index (Phi) is 13.3. The minimum atomic E-state index is 0.00807. The summed E-state index contributed by atoms with van der Waals surface area (Å²) in [6.45, 7) is 0. The molecule has 0 bridgehead atoms. The molecule has 0 aromatic heterocycles. The van der Waals surface area contributed by atoms with E-state index in [9.17, 15) is 0 Å². The molecule has 0 aromatic carbocycles. The van der Waals surface area contributed by atoms with E-state index in [0.717, 1.165) is 6.42 Å². The Morgan fingerprint density at radius 3 is 1.62 bits per heavy atom. The van der Waals surface area contributed by atoms with Gasteiger partial charge in [0.1, 0.15) is 0 Å². The van der Waals surface area contributed by atoms with Crippen LogP contribution in [0.5, 0.6) is 0 Å². The highest BCUT2D eigenvalue weighted by Crippen LogP contribution is 2.12. The molecule has 0 amide bonds. The zero-order valence-electron chi connectivity index (χ0n) is 11.5. The van der Waals surface area contributed by atoms with Crippen molar-refractivity contribution in [2.45, 2.75) is 70.1 Å². The van der Waals surface area contributed by atoms with E-state index in [-0.39, 0.29) is 6.29 Å². The quantitative estimate of drug-likeness (QED) is 0.299. The van der Waals surface area contributed by atoms with Crippen molar-refractivity contribution < 1.29 is 9.47 Å². The average molecular weight is 246 g/mol. The van der Waals surface area contributed by atoms with Crippen molar-refractivity contribution in [1.29, 1.82) is 0 Å². The summed E-state index contributed by atoms with van der Waals surface area (Å²) in [6, 6.07) is 1.48. The molecule has 0 heterocycles. The lowest BCUT2D eigenvalue weighted by molar-refractivity contribution is -0.107. The first-order valence-corrected chi connectivity index (χ1v) is 8.32. The first-order chi connectivity index (χ1) is 7.85. The summed E-state index contributed by atoms with van der Waals surface area (Å²) in [5.41, 5.74) is 0. The van der Waals surface area contributed by atoms with Crippen LogP contribution in [-0.2, 0) is 9.47 Å². The van der Waals surface area contributed by atoms with Crippen molar-refractivity contribution in [2.24, 2.45) is 0 Å². The minimum Gasteiger partial charge on any atom is -0.356 e. The molecule has 98 valence electrons. The number of hydrogen-bond acceptors (Lipinski definition) is 2. The summed E-state index contributed by atoms with van der Waals surface area (Å²) in [6.07, 6.45) is 12.2. The Labute approximate surface area is 105 Å². The lowest BCUT2D eigenvalue weighted by Gasteiger charge is -2.12. The summed E-state index contributed by atoms with van der Waals surface area (Å²) < 4.78 is 10.3. The van der Waals surface area contributed by atoms with Gasteiger partial charge >= 0.3 is 0 Å². The van der Waals surface area contributed by atoms with Crippen LogP contribution in [0.25, 0.3) is 0 Å². The lowest BCUT2D eigenvalue weighted by atomic mass is 10.1. The highest BCUT2D eigenvalue weighted by Gasteiger charge is 2.03. The molecule has 16 heavy (non-hydrogen) atoms. The van der Waals surface area contributed by atoms with Crippen LogP contribution in [0.3, 0.4) is 0 Å². The fourth-order valence-corrected chi connectivity index (χ4v) is 2.45. The smallest absolute Gasteiger partial charge is 0.156 e. The Bertz CT molecular complexity index is 127. The summed E-state index contributed by atoms with van der Waals surface area (Å²) in [4.78, 5) is 0. The monoisotopic (exact) mass is 246 g/mol. The molecule has 0 saturated carbocycles. The van der Waals surface area contributed by atoms with Gasteiger partial charge in [0.25, 0.3) is 0 Å². The molecule has 0 fully saturated rings. The standard InChI is InChI=1S/C13H30O2Si/c1-14-13(15-2)11-9-7-5-3-4-6-8-10-12-16/h13H,3-12H2,1-2,16H3. The SMILES string of the molecule is COC(CCCCCCCCCC[SiH3])OC. The van der Waals surface area contributed by atoms with Crippen molar-refractivity contribution in [2.75, 3.05) is 14.2 Å². The fourth-order valence-electron chi connectivity index (χ4n) is 1.95. The van der Waals surface area contributed by atoms with Crippen LogP contribution in [0.1, 0.15) is 57.8 Å². The summed E-state index contributed by atoms with van der Waals surface area (Å²) >= 11 is 0. The average Bonchev–Trinajstić information content (AvgIpc) is 2.32. The van der Waals surface area contributed by atoms with Crippen LogP contribution >= 0.6 is 0 Å². The molecular formula is C13H30O2Si. The van der Waals surface area contributed by atoms with Crippen LogP contribution < -0.4 is 0 Å². The van der Waals surface area contributed by atoms with E-state index in [1.54, 1.807) is 14.2 Å². The maximum absolute atomic E-state index is 5.15. The zero-order chi connectivity index (χ0) is 12.1. The van der Waals surface area contributed by atoms with E-state index >= 15 is 0 Å². The summed E-state index contributed by atoms with van der Waals surface area (Å²) in [5, 5.41) is 0. The van der Waals surface area contributed by atoms with Crippen LogP contribution in [0.4, 0.5) is 0 Å². The minimum absolute atomic E-state index is 0.00807. The molecule has 0 atom stereocenters. The van der Waals surface area contributed by atoms with E-state index in [1.165, 1.54) is 67.7 Å². The highest BCUT2D eigenvalue weighted by molar-refractivity contribution is 6.08. The number of methoxy groups -OCH3 is 2. The van der Waals surface area contributed by atoms with Gasteiger partial charge < -0.3 is 9.47 Å². The zero-order valence-corrected chi connectivity index (χ0v) is 13.5.